The lowest BCUT2D eigenvalue weighted by Gasteiger charge is -2.32. The summed E-state index contributed by atoms with van der Waals surface area (Å²) < 4.78 is 41.7. The molecule has 13 heteroatoms. The molecule has 1 atom stereocenters. The molecule has 4 heterocycles. The second-order valence-electron chi connectivity index (χ2n) is 10.3. The first-order valence-corrected chi connectivity index (χ1v) is 14.0. The number of rotatable bonds is 5. The Bertz CT molecular complexity index is 1650. The number of amides is 2. The second-order valence-corrected chi connectivity index (χ2v) is 11.1. The Morgan fingerprint density at radius 2 is 1.83 bits per heavy atom. The van der Waals surface area contributed by atoms with Crippen molar-refractivity contribution in [3.05, 3.63) is 70.3 Å². The largest absolute Gasteiger partial charge is 0.416 e. The summed E-state index contributed by atoms with van der Waals surface area (Å²) in [4.78, 5) is 40.6. The van der Waals surface area contributed by atoms with E-state index in [4.69, 9.17) is 10.7 Å². The van der Waals surface area contributed by atoms with E-state index in [0.717, 1.165) is 56.4 Å². The van der Waals surface area contributed by atoms with E-state index in [1.54, 1.807) is 30.5 Å². The number of carbonyl (C=O) groups is 2. The summed E-state index contributed by atoms with van der Waals surface area (Å²) in [5, 5.41) is 2.41. The molecule has 4 aromatic rings. The van der Waals surface area contributed by atoms with Crippen LogP contribution in [0.4, 0.5) is 24.8 Å². The summed E-state index contributed by atoms with van der Waals surface area (Å²) in [6.45, 7) is 1.32. The van der Waals surface area contributed by atoms with E-state index in [9.17, 15) is 22.8 Å². The van der Waals surface area contributed by atoms with Crippen molar-refractivity contribution in [2.75, 3.05) is 24.1 Å². The van der Waals surface area contributed by atoms with Gasteiger partial charge in [0.1, 0.15) is 33.3 Å². The van der Waals surface area contributed by atoms with Crippen LogP contribution in [0.15, 0.2) is 53.4 Å². The number of likely N-dealkylation sites (tertiary alicyclic amines) is 1. The number of hydrogen-bond acceptors (Lipinski definition) is 6. The number of fused-ring (bicyclic) bond motifs is 1. The van der Waals surface area contributed by atoms with E-state index < -0.39 is 17.6 Å². The standard InChI is InChI=1S/C28H25BrF3N7O2/c29-20-13-35-24(33)23-22(37-25(39(20)23)18-2-1-11-38(14-18)27(41)17-7-8-17)15-3-5-16(6-4-15)26(40)36-21-12-19(9-10-34-21)28(30,31)32/h3-6,9-10,12-13,17-18H,1-2,7-8,11,14H2,(H2,33,35)(H,34,36,40). The van der Waals surface area contributed by atoms with Gasteiger partial charge >= 0.3 is 6.18 Å². The van der Waals surface area contributed by atoms with Gasteiger partial charge in [0, 0.05) is 42.2 Å². The van der Waals surface area contributed by atoms with Crippen LogP contribution in [0.25, 0.3) is 16.8 Å². The first-order chi connectivity index (χ1) is 19.6. The molecule has 0 bridgehead atoms. The van der Waals surface area contributed by atoms with Crippen molar-refractivity contribution in [1.82, 2.24) is 24.3 Å². The van der Waals surface area contributed by atoms with Gasteiger partial charge in [-0.05, 0) is 65.9 Å². The van der Waals surface area contributed by atoms with E-state index in [1.807, 2.05) is 9.30 Å². The molecule has 1 aliphatic heterocycles. The molecule has 212 valence electrons. The van der Waals surface area contributed by atoms with E-state index in [2.05, 4.69) is 31.2 Å². The van der Waals surface area contributed by atoms with E-state index in [1.165, 1.54) is 0 Å². The number of nitrogens with zero attached hydrogens (tertiary/aromatic N) is 5. The van der Waals surface area contributed by atoms with Crippen LogP contribution in [0, 0.1) is 5.92 Å². The first-order valence-electron chi connectivity index (χ1n) is 13.2. The highest BCUT2D eigenvalue weighted by Crippen LogP contribution is 2.38. The number of imidazole rings is 1. The monoisotopic (exact) mass is 627 g/mol. The van der Waals surface area contributed by atoms with Crippen LogP contribution >= 0.6 is 15.9 Å². The number of piperidine rings is 1. The Morgan fingerprint density at radius 3 is 2.54 bits per heavy atom. The summed E-state index contributed by atoms with van der Waals surface area (Å²) in [5.41, 5.74) is 7.50. The number of benzene rings is 1. The predicted octanol–water partition coefficient (Wildman–Crippen LogP) is 5.52. The number of nitrogens with one attached hydrogen (secondary N) is 1. The van der Waals surface area contributed by atoms with Gasteiger partial charge in [0.2, 0.25) is 5.91 Å². The van der Waals surface area contributed by atoms with Crippen LogP contribution < -0.4 is 11.1 Å². The van der Waals surface area contributed by atoms with Crippen LogP contribution in [-0.4, -0.2) is 49.2 Å². The van der Waals surface area contributed by atoms with Gasteiger partial charge in [-0.2, -0.15) is 13.2 Å². The fourth-order valence-electron chi connectivity index (χ4n) is 5.23. The van der Waals surface area contributed by atoms with Gasteiger partial charge in [-0.25, -0.2) is 15.0 Å². The zero-order chi connectivity index (χ0) is 28.9. The highest BCUT2D eigenvalue weighted by atomic mass is 79.9. The molecule has 0 radical (unpaired) electrons. The topological polar surface area (TPSA) is 119 Å². The number of halogens is 4. The lowest BCUT2D eigenvalue weighted by molar-refractivity contribution is -0.137. The van der Waals surface area contributed by atoms with Gasteiger partial charge < -0.3 is 16.0 Å². The van der Waals surface area contributed by atoms with Crippen molar-refractivity contribution < 1.29 is 22.8 Å². The van der Waals surface area contributed by atoms with Gasteiger partial charge in [-0.3, -0.25) is 14.0 Å². The fraction of sp³-hybridized carbons (Fsp3) is 0.321. The summed E-state index contributed by atoms with van der Waals surface area (Å²) in [6.07, 6.45) is 1.70. The first kappa shape index (κ1) is 27.2. The summed E-state index contributed by atoms with van der Waals surface area (Å²) in [7, 11) is 0. The van der Waals surface area contributed by atoms with Crippen LogP contribution in [-0.2, 0) is 11.0 Å². The van der Waals surface area contributed by atoms with Gasteiger partial charge in [0.05, 0.1) is 11.8 Å². The molecule has 6 rings (SSSR count). The van der Waals surface area contributed by atoms with Crippen LogP contribution in [0.2, 0.25) is 0 Å². The van der Waals surface area contributed by atoms with Crippen LogP contribution in [0.1, 0.15) is 53.3 Å². The van der Waals surface area contributed by atoms with Crippen LogP contribution in [0.5, 0.6) is 0 Å². The molecule has 9 nitrogen and oxygen atoms in total. The molecule has 2 amide bonds. The number of aromatic nitrogens is 4. The number of carbonyl (C=O) groups excluding carboxylic acids is 2. The Hall–Kier alpha value is -4.00. The molecule has 2 aliphatic rings. The maximum atomic E-state index is 13.0. The van der Waals surface area contributed by atoms with Crippen molar-refractivity contribution in [3.8, 4) is 11.3 Å². The predicted molar refractivity (Wildman–Crippen MR) is 149 cm³/mol. The molecule has 1 saturated heterocycles. The maximum absolute atomic E-state index is 13.0. The normalized spacial score (nSPS) is 17.6. The highest BCUT2D eigenvalue weighted by Gasteiger charge is 2.37. The number of anilines is 2. The smallest absolute Gasteiger partial charge is 0.382 e. The van der Waals surface area contributed by atoms with Gasteiger partial charge in [0.25, 0.3) is 5.91 Å². The molecule has 1 aliphatic carbocycles. The average molecular weight is 628 g/mol. The zero-order valence-corrected chi connectivity index (χ0v) is 23.2. The molecule has 3 aromatic heterocycles. The Morgan fingerprint density at radius 1 is 1.07 bits per heavy atom. The summed E-state index contributed by atoms with van der Waals surface area (Å²) >= 11 is 3.59. The van der Waals surface area contributed by atoms with Crippen molar-refractivity contribution in [2.24, 2.45) is 5.92 Å². The molecule has 0 spiro atoms. The van der Waals surface area contributed by atoms with Crippen molar-refractivity contribution in [3.63, 3.8) is 0 Å². The van der Waals surface area contributed by atoms with Crippen molar-refractivity contribution >= 4 is 44.9 Å². The Labute approximate surface area is 241 Å². The average Bonchev–Trinajstić information content (AvgIpc) is 3.73. The summed E-state index contributed by atoms with van der Waals surface area (Å²) in [5.74, 6) is 0.589. The molecule has 41 heavy (non-hydrogen) atoms. The molecule has 3 N–H and O–H groups in total. The molecule has 1 unspecified atom stereocenters. The van der Waals surface area contributed by atoms with Crippen LogP contribution in [0.3, 0.4) is 0 Å². The highest BCUT2D eigenvalue weighted by molar-refractivity contribution is 9.10. The van der Waals surface area contributed by atoms with E-state index in [-0.39, 0.29) is 34.9 Å². The quantitative estimate of drug-likeness (QED) is 0.301. The number of alkyl halides is 3. The minimum Gasteiger partial charge on any atom is -0.382 e. The number of nitrogen functional groups attached to an aromatic ring is 1. The molecule has 2 fully saturated rings. The lowest BCUT2D eigenvalue weighted by Crippen LogP contribution is -2.40. The van der Waals surface area contributed by atoms with E-state index in [0.29, 0.717) is 27.9 Å². The minimum atomic E-state index is -4.55. The number of hydrogen-bond donors (Lipinski definition) is 2. The fourth-order valence-corrected chi connectivity index (χ4v) is 5.69. The number of nitrogens with two attached hydrogens (primary N) is 1. The van der Waals surface area contributed by atoms with E-state index >= 15 is 0 Å². The zero-order valence-electron chi connectivity index (χ0n) is 21.7. The molecule has 1 aromatic carbocycles. The third kappa shape index (κ3) is 5.37. The number of pyridine rings is 1. The maximum Gasteiger partial charge on any atom is 0.416 e. The van der Waals surface area contributed by atoms with Gasteiger partial charge in [0.15, 0.2) is 0 Å². The minimum absolute atomic E-state index is 0.00388. The summed E-state index contributed by atoms with van der Waals surface area (Å²) in [6, 6.07) is 8.13. The second kappa shape index (κ2) is 10.4. The van der Waals surface area contributed by atoms with Crippen molar-refractivity contribution in [1.29, 1.82) is 0 Å². The molecule has 1 saturated carbocycles. The Kier molecular flexibility index (Phi) is 6.92. The third-order valence-electron chi connectivity index (χ3n) is 7.44. The SMILES string of the molecule is Nc1ncc(Br)n2c(C3CCCN(C(=O)C4CC4)C3)nc(-c3ccc(C(=O)Nc4cc(C(F)(F)F)ccn4)cc3)c12. The van der Waals surface area contributed by atoms with Gasteiger partial charge in [-0.15, -0.1) is 0 Å². The third-order valence-corrected chi connectivity index (χ3v) is 8.00. The Balaban J connectivity index is 1.29. The molecular formula is C28H25BrF3N7O2. The molecular weight excluding hydrogens is 603 g/mol. The lowest BCUT2D eigenvalue weighted by atomic mass is 9.97. The van der Waals surface area contributed by atoms with Gasteiger partial charge in [-0.1, -0.05) is 12.1 Å². The van der Waals surface area contributed by atoms with Crippen molar-refractivity contribution in [2.45, 2.75) is 37.8 Å².